The molecule has 4 saturated carbocycles. The number of ether oxygens (including phenoxy) is 2. The zero-order valence-corrected chi connectivity index (χ0v) is 36.7. The van der Waals surface area contributed by atoms with E-state index < -0.39 is 28.9 Å². The van der Waals surface area contributed by atoms with Crippen LogP contribution >= 0.6 is 11.6 Å². The van der Waals surface area contributed by atoms with Gasteiger partial charge in [0, 0.05) is 42.3 Å². The third kappa shape index (κ3) is 6.98. The first-order valence-corrected chi connectivity index (χ1v) is 21.6. The summed E-state index contributed by atoms with van der Waals surface area (Å²) in [6.07, 6.45) is 7.18. The van der Waals surface area contributed by atoms with E-state index in [9.17, 15) is 24.3 Å². The number of hydrogen-bond acceptors (Lipinski definition) is 7. The summed E-state index contributed by atoms with van der Waals surface area (Å²) in [6, 6.07) is 7.86. The maximum absolute atomic E-state index is 14.4. The van der Waals surface area contributed by atoms with Gasteiger partial charge in [-0.3, -0.25) is 24.1 Å². The minimum atomic E-state index is -1.18. The van der Waals surface area contributed by atoms with Crippen LogP contribution in [0.4, 0.5) is 0 Å². The molecule has 9 unspecified atom stereocenters. The van der Waals surface area contributed by atoms with Gasteiger partial charge in [-0.05, 0) is 141 Å². The molecule has 6 rings (SSSR count). The molecule has 9 atom stereocenters. The van der Waals surface area contributed by atoms with Crippen molar-refractivity contribution in [3.63, 3.8) is 0 Å². The molecule has 0 heterocycles. The SMILES string of the molecule is CC(=O)OC(CN(C)Cc1ccc(Cl)cc1)C12CCC3(C)C(CCC4C5(C)CCC(OC(=O)CC(C)(C)C(=O)O)C(C)(C)C5CCC43C)C1=C(C(C)C)C(=O)C2. The Hall–Kier alpha value is -2.71. The molecule has 8 nitrogen and oxygen atoms in total. The fraction of sp³-hybridized carbons (Fsp3) is 0.745. The normalized spacial score (nSPS) is 35.6. The van der Waals surface area contributed by atoms with E-state index in [1.54, 1.807) is 13.8 Å². The molecule has 1 aromatic carbocycles. The van der Waals surface area contributed by atoms with Gasteiger partial charge in [-0.15, -0.1) is 0 Å². The topological polar surface area (TPSA) is 110 Å². The Labute approximate surface area is 340 Å². The highest BCUT2D eigenvalue weighted by Crippen LogP contribution is 2.77. The second-order valence-electron chi connectivity index (χ2n) is 21.0. The van der Waals surface area contributed by atoms with Crippen molar-refractivity contribution in [3.05, 3.63) is 46.0 Å². The largest absolute Gasteiger partial charge is 0.481 e. The predicted octanol–water partition coefficient (Wildman–Crippen LogP) is 10.1. The molecule has 1 N–H and O–H groups in total. The summed E-state index contributed by atoms with van der Waals surface area (Å²) in [5.41, 5.74) is 1.42. The third-order valence-corrected chi connectivity index (χ3v) is 16.9. The van der Waals surface area contributed by atoms with E-state index in [-0.39, 0.29) is 57.8 Å². The fourth-order valence-electron chi connectivity index (χ4n) is 13.7. The Balaban J connectivity index is 1.31. The van der Waals surface area contributed by atoms with Crippen LogP contribution in [-0.4, -0.2) is 59.5 Å². The number of carbonyl (C=O) groups excluding carboxylic acids is 3. The van der Waals surface area contributed by atoms with E-state index in [0.717, 1.165) is 62.5 Å². The molecule has 0 aromatic heterocycles. The lowest BCUT2D eigenvalue weighted by Crippen LogP contribution is -2.66. The second kappa shape index (κ2) is 14.8. The molecule has 0 spiro atoms. The molecule has 0 amide bonds. The van der Waals surface area contributed by atoms with Crippen molar-refractivity contribution >= 4 is 35.3 Å². The summed E-state index contributed by atoms with van der Waals surface area (Å²) in [7, 11) is 2.07. The number of carboxylic acids is 1. The summed E-state index contributed by atoms with van der Waals surface area (Å²) >= 11 is 6.19. The predicted molar refractivity (Wildman–Crippen MR) is 219 cm³/mol. The Bertz CT molecular complexity index is 1760. The van der Waals surface area contributed by atoms with Gasteiger partial charge >= 0.3 is 17.9 Å². The monoisotopic (exact) mass is 793 g/mol. The Morgan fingerprint density at radius 1 is 0.929 bits per heavy atom. The molecule has 1 aromatic rings. The molecule has 310 valence electrons. The molecule has 4 fully saturated rings. The highest BCUT2D eigenvalue weighted by molar-refractivity contribution is 6.30. The number of hydrogen-bond donors (Lipinski definition) is 1. The first-order valence-electron chi connectivity index (χ1n) is 21.2. The molecule has 0 aliphatic heterocycles. The number of likely N-dealkylation sites (N-methyl/N-ethyl adjacent to an activating group) is 1. The van der Waals surface area contributed by atoms with Crippen LogP contribution in [0.15, 0.2) is 35.4 Å². The summed E-state index contributed by atoms with van der Waals surface area (Å²) in [6.45, 7) is 22.3. The van der Waals surface area contributed by atoms with Crippen molar-refractivity contribution in [1.82, 2.24) is 4.90 Å². The molecule has 0 radical (unpaired) electrons. The van der Waals surface area contributed by atoms with Crippen LogP contribution < -0.4 is 0 Å². The van der Waals surface area contributed by atoms with Crippen molar-refractivity contribution < 1.29 is 33.8 Å². The maximum atomic E-state index is 14.4. The van der Waals surface area contributed by atoms with Gasteiger partial charge in [-0.25, -0.2) is 0 Å². The smallest absolute Gasteiger partial charge is 0.309 e. The van der Waals surface area contributed by atoms with Crippen molar-refractivity contribution in [2.24, 2.45) is 56.2 Å². The summed E-state index contributed by atoms with van der Waals surface area (Å²) in [4.78, 5) is 54.5. The lowest BCUT2D eigenvalue weighted by molar-refractivity contribution is -0.235. The number of carbonyl (C=O) groups is 4. The zero-order chi connectivity index (χ0) is 41.4. The van der Waals surface area contributed by atoms with E-state index in [2.05, 4.69) is 60.4 Å². The first-order chi connectivity index (χ1) is 25.9. The van der Waals surface area contributed by atoms with Crippen molar-refractivity contribution in [2.45, 2.75) is 152 Å². The quantitative estimate of drug-likeness (QED) is 0.221. The number of esters is 2. The van der Waals surface area contributed by atoms with Crippen LogP contribution in [0, 0.1) is 56.2 Å². The molecule has 56 heavy (non-hydrogen) atoms. The van der Waals surface area contributed by atoms with Crippen LogP contribution in [0.2, 0.25) is 5.02 Å². The van der Waals surface area contributed by atoms with Gasteiger partial charge in [-0.1, -0.05) is 72.2 Å². The number of ketones is 1. The molecular formula is C47H68ClNO7. The molecule has 0 bridgehead atoms. The number of aliphatic carboxylic acids is 1. The van der Waals surface area contributed by atoms with Gasteiger partial charge in [0.15, 0.2) is 5.78 Å². The van der Waals surface area contributed by atoms with Crippen molar-refractivity contribution in [3.8, 4) is 0 Å². The Kier molecular flexibility index (Phi) is 11.4. The van der Waals surface area contributed by atoms with E-state index >= 15 is 0 Å². The van der Waals surface area contributed by atoms with Crippen molar-refractivity contribution in [2.75, 3.05) is 13.6 Å². The number of benzene rings is 1. The van der Waals surface area contributed by atoms with Gasteiger partial charge in [0.05, 0.1) is 11.8 Å². The molecular weight excluding hydrogens is 726 g/mol. The summed E-state index contributed by atoms with van der Waals surface area (Å²) in [5, 5.41) is 10.3. The number of Topliss-reactive ketones (excluding diaryl/α,β-unsaturated/α-hetero) is 1. The highest BCUT2D eigenvalue weighted by Gasteiger charge is 2.71. The highest BCUT2D eigenvalue weighted by atomic mass is 35.5. The number of carboxylic acid groups (broad SMARTS) is 1. The van der Waals surface area contributed by atoms with Crippen LogP contribution in [0.5, 0.6) is 0 Å². The van der Waals surface area contributed by atoms with Crippen LogP contribution in [0.1, 0.15) is 139 Å². The van der Waals surface area contributed by atoms with Crippen LogP contribution in [0.3, 0.4) is 0 Å². The average molecular weight is 795 g/mol. The number of rotatable bonds is 11. The van der Waals surface area contributed by atoms with Gasteiger partial charge < -0.3 is 14.6 Å². The Morgan fingerprint density at radius 2 is 1.59 bits per heavy atom. The second-order valence-corrected chi connectivity index (χ2v) is 21.4. The van der Waals surface area contributed by atoms with Gasteiger partial charge in [-0.2, -0.15) is 0 Å². The van der Waals surface area contributed by atoms with Crippen LogP contribution in [0.25, 0.3) is 0 Å². The van der Waals surface area contributed by atoms with Gasteiger partial charge in [0.25, 0.3) is 0 Å². The zero-order valence-electron chi connectivity index (χ0n) is 36.0. The van der Waals surface area contributed by atoms with Crippen molar-refractivity contribution in [1.29, 1.82) is 0 Å². The Morgan fingerprint density at radius 3 is 2.20 bits per heavy atom. The number of nitrogens with zero attached hydrogens (tertiary/aromatic N) is 1. The lowest BCUT2D eigenvalue weighted by atomic mass is 9.33. The number of fused-ring (bicyclic) bond motifs is 7. The molecule has 5 aliphatic rings. The van der Waals surface area contributed by atoms with Gasteiger partial charge in [0.1, 0.15) is 12.2 Å². The van der Waals surface area contributed by atoms with E-state index in [1.807, 2.05) is 24.3 Å². The number of halogens is 1. The van der Waals surface area contributed by atoms with E-state index in [0.29, 0.717) is 36.4 Å². The number of allylic oxidation sites excluding steroid dienone is 1. The van der Waals surface area contributed by atoms with E-state index in [4.69, 9.17) is 21.1 Å². The summed E-state index contributed by atoms with van der Waals surface area (Å²) in [5.74, 6) is -0.421. The molecule has 5 aliphatic carbocycles. The maximum Gasteiger partial charge on any atom is 0.309 e. The fourth-order valence-corrected chi connectivity index (χ4v) is 13.8. The average Bonchev–Trinajstić information content (AvgIpc) is 3.40. The lowest BCUT2D eigenvalue weighted by Gasteiger charge is -2.72. The molecule has 0 saturated heterocycles. The standard InChI is InChI=1S/C47H68ClNO7/c1-28(2)39-33(51)24-47(37(55-29(3)50)27-49(11)26-30-12-14-31(48)15-13-30)23-22-45(9)32(40(39)47)16-17-35-44(8)20-19-36(56-38(52)25-42(4,5)41(53)54)43(6,7)34(44)18-21-46(35,45)10/h12-15,28,32,34-37H,16-27H2,1-11H3,(H,53,54). The van der Waals surface area contributed by atoms with Crippen LogP contribution in [-0.2, 0) is 35.2 Å². The first kappa shape index (κ1) is 42.9. The summed E-state index contributed by atoms with van der Waals surface area (Å²) < 4.78 is 12.6. The van der Waals surface area contributed by atoms with Gasteiger partial charge in [0.2, 0.25) is 0 Å². The minimum Gasteiger partial charge on any atom is -0.481 e. The minimum absolute atomic E-state index is 0.0153. The molecule has 9 heteroatoms. The third-order valence-electron chi connectivity index (χ3n) is 16.6. The van der Waals surface area contributed by atoms with E-state index in [1.165, 1.54) is 12.5 Å².